The normalized spacial score (nSPS) is 16.6. The van der Waals surface area contributed by atoms with Crippen LogP contribution < -0.4 is 10.0 Å². The molecule has 0 heterocycles. The zero-order valence-electron chi connectivity index (χ0n) is 9.20. The van der Waals surface area contributed by atoms with Crippen molar-refractivity contribution in [2.75, 3.05) is 27.3 Å². The van der Waals surface area contributed by atoms with E-state index in [4.69, 9.17) is 4.74 Å². The van der Waals surface area contributed by atoms with Crippen molar-refractivity contribution in [3.63, 3.8) is 0 Å². The van der Waals surface area contributed by atoms with Gasteiger partial charge in [-0.3, -0.25) is 0 Å². The number of nitrogens with one attached hydrogen (secondary N) is 2. The largest absolute Gasteiger partial charge is 0.383 e. The monoisotopic (exact) mass is 224 g/mol. The van der Waals surface area contributed by atoms with Crippen molar-refractivity contribution in [2.45, 2.75) is 25.1 Å². The molecule has 0 aromatic rings. The average Bonchev–Trinajstić information content (AvgIpc) is 2.03. The summed E-state index contributed by atoms with van der Waals surface area (Å²) in [5.74, 6) is 0. The summed E-state index contributed by atoms with van der Waals surface area (Å²) in [6, 6.07) is -0.190. The summed E-state index contributed by atoms with van der Waals surface area (Å²) < 4.78 is 30.6. The van der Waals surface area contributed by atoms with Gasteiger partial charge in [0.1, 0.15) is 0 Å². The second kappa shape index (κ2) is 6.34. The molecule has 0 aliphatic carbocycles. The van der Waals surface area contributed by atoms with Crippen molar-refractivity contribution in [3.8, 4) is 0 Å². The third kappa shape index (κ3) is 4.90. The Balaban J connectivity index is 4.19. The van der Waals surface area contributed by atoms with Crippen LogP contribution in [-0.2, 0) is 14.8 Å². The standard InChI is InChI=1S/C8H20N2O3S/c1-7(6-13-4)10-14(11,12)8(2)5-9-3/h7-10H,5-6H2,1-4H3. The van der Waals surface area contributed by atoms with Gasteiger partial charge in [-0.05, 0) is 20.9 Å². The Bertz CT molecular complexity index is 241. The summed E-state index contributed by atoms with van der Waals surface area (Å²) in [5.41, 5.74) is 0. The van der Waals surface area contributed by atoms with Crippen LogP contribution in [0, 0.1) is 0 Å². The van der Waals surface area contributed by atoms with Gasteiger partial charge in [0, 0.05) is 19.7 Å². The molecule has 86 valence electrons. The smallest absolute Gasteiger partial charge is 0.215 e. The molecule has 0 spiro atoms. The fourth-order valence-corrected chi connectivity index (χ4v) is 2.33. The highest BCUT2D eigenvalue weighted by Crippen LogP contribution is 1.98. The molecule has 0 amide bonds. The van der Waals surface area contributed by atoms with Crippen molar-refractivity contribution in [3.05, 3.63) is 0 Å². The maximum absolute atomic E-state index is 11.6. The van der Waals surface area contributed by atoms with E-state index >= 15 is 0 Å². The predicted octanol–water partition coefficient (Wildman–Crippen LogP) is -0.451. The zero-order valence-corrected chi connectivity index (χ0v) is 10.0. The van der Waals surface area contributed by atoms with Gasteiger partial charge in [0.15, 0.2) is 0 Å². The van der Waals surface area contributed by atoms with Crippen LogP contribution in [0.3, 0.4) is 0 Å². The van der Waals surface area contributed by atoms with E-state index in [9.17, 15) is 8.42 Å². The fraction of sp³-hybridized carbons (Fsp3) is 1.00. The molecule has 0 rings (SSSR count). The van der Waals surface area contributed by atoms with E-state index in [1.807, 2.05) is 0 Å². The Morgan fingerprint density at radius 3 is 2.36 bits per heavy atom. The Labute approximate surface area is 86.3 Å². The molecule has 5 nitrogen and oxygen atoms in total. The quantitative estimate of drug-likeness (QED) is 0.614. The zero-order chi connectivity index (χ0) is 11.2. The molecule has 0 aliphatic heterocycles. The van der Waals surface area contributed by atoms with Crippen LogP contribution >= 0.6 is 0 Å². The number of sulfonamides is 1. The predicted molar refractivity (Wildman–Crippen MR) is 56.8 cm³/mol. The van der Waals surface area contributed by atoms with Crippen LogP contribution in [0.2, 0.25) is 0 Å². The lowest BCUT2D eigenvalue weighted by molar-refractivity contribution is 0.180. The fourth-order valence-electron chi connectivity index (χ4n) is 1.08. The molecule has 6 heteroatoms. The molecule has 0 radical (unpaired) electrons. The molecular weight excluding hydrogens is 204 g/mol. The first-order chi connectivity index (χ1) is 6.44. The van der Waals surface area contributed by atoms with Gasteiger partial charge in [0.25, 0.3) is 0 Å². The van der Waals surface area contributed by atoms with Gasteiger partial charge in [0.05, 0.1) is 11.9 Å². The van der Waals surface area contributed by atoms with Gasteiger partial charge < -0.3 is 10.1 Å². The van der Waals surface area contributed by atoms with Crippen molar-refractivity contribution in [1.82, 2.24) is 10.0 Å². The molecule has 0 aromatic carbocycles. The minimum atomic E-state index is -3.24. The van der Waals surface area contributed by atoms with E-state index in [1.54, 1.807) is 28.0 Å². The SMILES string of the molecule is CNCC(C)S(=O)(=O)NC(C)COC. The highest BCUT2D eigenvalue weighted by atomic mass is 32.2. The van der Waals surface area contributed by atoms with Crippen LogP contribution in [-0.4, -0.2) is 47.0 Å². The summed E-state index contributed by atoms with van der Waals surface area (Å²) in [5, 5.41) is 2.39. The minimum absolute atomic E-state index is 0.190. The topological polar surface area (TPSA) is 67.4 Å². The summed E-state index contributed by atoms with van der Waals surface area (Å²) in [7, 11) is 0.0339. The molecule has 0 saturated carbocycles. The molecule has 2 atom stereocenters. The van der Waals surface area contributed by atoms with Crippen LogP contribution in [0.5, 0.6) is 0 Å². The van der Waals surface area contributed by atoms with Gasteiger partial charge in [-0.2, -0.15) is 0 Å². The van der Waals surface area contributed by atoms with E-state index in [0.29, 0.717) is 13.2 Å². The summed E-state index contributed by atoms with van der Waals surface area (Å²) in [6.45, 7) is 4.26. The Kier molecular flexibility index (Phi) is 6.26. The minimum Gasteiger partial charge on any atom is -0.383 e. The lowest BCUT2D eigenvalue weighted by Gasteiger charge is -2.17. The molecule has 0 fully saturated rings. The molecular formula is C8H20N2O3S. The number of methoxy groups -OCH3 is 1. The molecule has 2 unspecified atom stereocenters. The summed E-state index contributed by atoms with van der Waals surface area (Å²) in [6.07, 6.45) is 0. The number of hydrogen-bond acceptors (Lipinski definition) is 4. The van der Waals surface area contributed by atoms with Crippen LogP contribution in [0.15, 0.2) is 0 Å². The van der Waals surface area contributed by atoms with Gasteiger partial charge >= 0.3 is 0 Å². The summed E-state index contributed by atoms with van der Waals surface area (Å²) in [4.78, 5) is 0. The first-order valence-corrected chi connectivity index (χ1v) is 6.13. The molecule has 0 bridgehead atoms. The number of rotatable bonds is 7. The van der Waals surface area contributed by atoms with E-state index in [-0.39, 0.29) is 6.04 Å². The van der Waals surface area contributed by atoms with Gasteiger partial charge in [0.2, 0.25) is 10.0 Å². The molecule has 0 saturated heterocycles. The lowest BCUT2D eigenvalue weighted by atomic mass is 10.4. The van der Waals surface area contributed by atoms with Crippen LogP contribution in [0.25, 0.3) is 0 Å². The average molecular weight is 224 g/mol. The third-order valence-electron chi connectivity index (χ3n) is 1.80. The van der Waals surface area contributed by atoms with Crippen molar-refractivity contribution >= 4 is 10.0 Å². The maximum atomic E-state index is 11.6. The second-order valence-electron chi connectivity index (χ2n) is 3.39. The van der Waals surface area contributed by atoms with E-state index in [0.717, 1.165) is 0 Å². The van der Waals surface area contributed by atoms with Crippen molar-refractivity contribution in [2.24, 2.45) is 0 Å². The molecule has 14 heavy (non-hydrogen) atoms. The highest BCUT2D eigenvalue weighted by Gasteiger charge is 2.21. The second-order valence-corrected chi connectivity index (χ2v) is 5.52. The number of hydrogen-bond donors (Lipinski definition) is 2. The van der Waals surface area contributed by atoms with Gasteiger partial charge in [-0.1, -0.05) is 0 Å². The van der Waals surface area contributed by atoms with Gasteiger partial charge in [-0.15, -0.1) is 0 Å². The first-order valence-electron chi connectivity index (χ1n) is 4.58. The maximum Gasteiger partial charge on any atom is 0.215 e. The lowest BCUT2D eigenvalue weighted by Crippen LogP contribution is -2.43. The van der Waals surface area contributed by atoms with Crippen LogP contribution in [0.4, 0.5) is 0 Å². The van der Waals surface area contributed by atoms with E-state index < -0.39 is 15.3 Å². The highest BCUT2D eigenvalue weighted by molar-refractivity contribution is 7.90. The summed E-state index contributed by atoms with van der Waals surface area (Å²) >= 11 is 0. The third-order valence-corrected chi connectivity index (χ3v) is 3.76. The Morgan fingerprint density at radius 1 is 1.36 bits per heavy atom. The van der Waals surface area contributed by atoms with Crippen molar-refractivity contribution in [1.29, 1.82) is 0 Å². The Morgan fingerprint density at radius 2 is 1.93 bits per heavy atom. The van der Waals surface area contributed by atoms with E-state index in [2.05, 4.69) is 10.0 Å². The van der Waals surface area contributed by atoms with Gasteiger partial charge in [-0.25, -0.2) is 13.1 Å². The Hall–Kier alpha value is -0.170. The van der Waals surface area contributed by atoms with E-state index in [1.165, 1.54) is 0 Å². The first kappa shape index (κ1) is 13.8. The molecule has 0 aromatic heterocycles. The molecule has 0 aliphatic rings. The van der Waals surface area contributed by atoms with Crippen molar-refractivity contribution < 1.29 is 13.2 Å². The van der Waals surface area contributed by atoms with Crippen LogP contribution in [0.1, 0.15) is 13.8 Å². The molecule has 2 N–H and O–H groups in total. The number of ether oxygens (including phenoxy) is 1.